The van der Waals surface area contributed by atoms with Crippen LogP contribution in [0, 0.1) is 0 Å². The van der Waals surface area contributed by atoms with Crippen LogP contribution in [0.4, 0.5) is 5.69 Å². The van der Waals surface area contributed by atoms with Crippen LogP contribution in [0.15, 0.2) is 51.8 Å². The largest absolute Gasteiger partial charge is 0.490 e. The molecule has 1 amide bonds. The summed E-state index contributed by atoms with van der Waals surface area (Å²) >= 11 is 3.45. The van der Waals surface area contributed by atoms with Gasteiger partial charge in [0, 0.05) is 23.4 Å². The molecule has 2 aromatic carbocycles. The van der Waals surface area contributed by atoms with Crippen molar-refractivity contribution in [1.82, 2.24) is 4.72 Å². The standard InChI is InChI=1S/C22H27BrN2O5S/c1-22(2,3)25-31(27,28)18-9-7-16(8-10-18)24-21(26)15-6-11-20(19(23)13-15)30-14-17-5-4-12-29-17/h6-11,13,17,25H,4-5,12,14H2,1-3H3,(H,24,26). The van der Waals surface area contributed by atoms with Gasteiger partial charge in [0.15, 0.2) is 0 Å². The van der Waals surface area contributed by atoms with Gasteiger partial charge in [-0.2, -0.15) is 0 Å². The van der Waals surface area contributed by atoms with Gasteiger partial charge in [-0.1, -0.05) is 0 Å². The van der Waals surface area contributed by atoms with Crippen LogP contribution in [0.5, 0.6) is 5.75 Å². The summed E-state index contributed by atoms with van der Waals surface area (Å²) in [7, 11) is -3.63. The molecule has 1 fully saturated rings. The van der Waals surface area contributed by atoms with E-state index in [-0.39, 0.29) is 16.9 Å². The first-order chi connectivity index (χ1) is 14.5. The Bertz CT molecular complexity index is 1030. The zero-order valence-corrected chi connectivity index (χ0v) is 20.2. The highest BCUT2D eigenvalue weighted by molar-refractivity contribution is 9.10. The van der Waals surface area contributed by atoms with E-state index in [1.165, 1.54) is 12.1 Å². The molecule has 9 heteroatoms. The molecule has 2 N–H and O–H groups in total. The second-order valence-electron chi connectivity index (χ2n) is 8.43. The number of hydrogen-bond acceptors (Lipinski definition) is 5. The first-order valence-corrected chi connectivity index (χ1v) is 12.3. The van der Waals surface area contributed by atoms with E-state index in [1.807, 2.05) is 0 Å². The highest BCUT2D eigenvalue weighted by Gasteiger charge is 2.22. The summed E-state index contributed by atoms with van der Waals surface area (Å²) in [4.78, 5) is 12.7. The minimum Gasteiger partial charge on any atom is -0.490 e. The first-order valence-electron chi connectivity index (χ1n) is 10.0. The van der Waals surface area contributed by atoms with Crippen molar-refractivity contribution in [2.24, 2.45) is 0 Å². The Morgan fingerprint density at radius 1 is 1.19 bits per heavy atom. The van der Waals surface area contributed by atoms with Gasteiger partial charge in [0.25, 0.3) is 5.91 Å². The Morgan fingerprint density at radius 2 is 1.90 bits per heavy atom. The Morgan fingerprint density at radius 3 is 2.48 bits per heavy atom. The fraction of sp³-hybridized carbons (Fsp3) is 0.409. The maximum absolute atomic E-state index is 12.6. The molecule has 0 aromatic heterocycles. The number of hydrogen-bond donors (Lipinski definition) is 2. The second kappa shape index (κ2) is 9.68. The van der Waals surface area contributed by atoms with Gasteiger partial charge in [-0.25, -0.2) is 13.1 Å². The summed E-state index contributed by atoms with van der Waals surface area (Å²) in [6.45, 7) is 6.57. The van der Waals surface area contributed by atoms with Gasteiger partial charge in [0.05, 0.1) is 15.5 Å². The van der Waals surface area contributed by atoms with Gasteiger partial charge in [-0.15, -0.1) is 0 Å². The molecule has 0 spiro atoms. The lowest BCUT2D eigenvalue weighted by Gasteiger charge is -2.20. The molecular formula is C22H27BrN2O5S. The molecule has 0 bridgehead atoms. The number of carbonyl (C=O) groups excluding carboxylic acids is 1. The number of benzene rings is 2. The van der Waals surface area contributed by atoms with Gasteiger partial charge in [-0.3, -0.25) is 4.79 Å². The monoisotopic (exact) mass is 510 g/mol. The molecule has 1 unspecified atom stereocenters. The number of amides is 1. The quantitative estimate of drug-likeness (QED) is 0.577. The van der Waals surface area contributed by atoms with Gasteiger partial charge in [0.2, 0.25) is 10.0 Å². The summed E-state index contributed by atoms with van der Waals surface area (Å²) in [6.07, 6.45) is 2.15. The van der Waals surface area contributed by atoms with Crippen LogP contribution in [0.2, 0.25) is 0 Å². The minimum absolute atomic E-state index is 0.111. The van der Waals surface area contributed by atoms with Crippen LogP contribution in [0.25, 0.3) is 0 Å². The Balaban J connectivity index is 1.62. The molecule has 31 heavy (non-hydrogen) atoms. The van der Waals surface area contributed by atoms with Crippen LogP contribution in [-0.4, -0.2) is 39.2 Å². The van der Waals surface area contributed by atoms with Crippen LogP contribution >= 0.6 is 15.9 Å². The van der Waals surface area contributed by atoms with E-state index in [0.29, 0.717) is 28.1 Å². The van der Waals surface area contributed by atoms with E-state index >= 15 is 0 Å². The lowest BCUT2D eigenvalue weighted by atomic mass is 10.1. The Labute approximate surface area is 191 Å². The van der Waals surface area contributed by atoms with Crippen molar-refractivity contribution >= 4 is 37.5 Å². The van der Waals surface area contributed by atoms with E-state index < -0.39 is 15.6 Å². The van der Waals surface area contributed by atoms with Gasteiger partial charge in [-0.05, 0) is 92.0 Å². The van der Waals surface area contributed by atoms with Crippen molar-refractivity contribution in [1.29, 1.82) is 0 Å². The fourth-order valence-electron chi connectivity index (χ4n) is 3.10. The Kier molecular flexibility index (Phi) is 7.41. The fourth-order valence-corrected chi connectivity index (χ4v) is 5.01. The molecule has 1 atom stereocenters. The summed E-state index contributed by atoms with van der Waals surface area (Å²) in [5.74, 6) is 0.336. The molecule has 1 saturated heterocycles. The number of ether oxygens (including phenoxy) is 2. The second-order valence-corrected chi connectivity index (χ2v) is 11.0. The average Bonchev–Trinajstić information content (AvgIpc) is 3.19. The lowest BCUT2D eigenvalue weighted by molar-refractivity contribution is 0.0677. The van der Waals surface area contributed by atoms with E-state index in [1.54, 1.807) is 51.1 Å². The highest BCUT2D eigenvalue weighted by Crippen LogP contribution is 2.27. The number of rotatable bonds is 7. The molecule has 2 aromatic rings. The molecular weight excluding hydrogens is 484 g/mol. The number of nitrogens with one attached hydrogen (secondary N) is 2. The van der Waals surface area contributed by atoms with Gasteiger partial charge < -0.3 is 14.8 Å². The van der Waals surface area contributed by atoms with Crippen molar-refractivity contribution in [3.8, 4) is 5.75 Å². The third kappa shape index (κ3) is 6.77. The summed E-state index contributed by atoms with van der Waals surface area (Å²) < 4.78 is 39.4. The van der Waals surface area contributed by atoms with Crippen molar-refractivity contribution in [3.05, 3.63) is 52.5 Å². The highest BCUT2D eigenvalue weighted by atomic mass is 79.9. The number of halogens is 1. The van der Waals surface area contributed by atoms with Crippen molar-refractivity contribution in [3.63, 3.8) is 0 Å². The van der Waals surface area contributed by atoms with E-state index in [4.69, 9.17) is 9.47 Å². The molecule has 0 radical (unpaired) electrons. The summed E-state index contributed by atoms with van der Waals surface area (Å²) in [5.41, 5.74) is 0.357. The van der Waals surface area contributed by atoms with Crippen molar-refractivity contribution in [2.75, 3.05) is 18.5 Å². The van der Waals surface area contributed by atoms with Crippen molar-refractivity contribution < 1.29 is 22.7 Å². The predicted octanol–water partition coefficient (Wildman–Crippen LogP) is 4.34. The van der Waals surface area contributed by atoms with Crippen LogP contribution in [0.3, 0.4) is 0 Å². The normalized spacial score (nSPS) is 16.8. The number of sulfonamides is 1. The third-order valence-electron chi connectivity index (χ3n) is 4.51. The van der Waals surface area contributed by atoms with Crippen LogP contribution in [0.1, 0.15) is 44.0 Å². The minimum atomic E-state index is -3.63. The van der Waals surface area contributed by atoms with E-state index in [2.05, 4.69) is 26.0 Å². The SMILES string of the molecule is CC(C)(C)NS(=O)(=O)c1ccc(NC(=O)c2ccc(OCC3CCCO3)c(Br)c2)cc1. The lowest BCUT2D eigenvalue weighted by Crippen LogP contribution is -2.40. The summed E-state index contributed by atoms with van der Waals surface area (Å²) in [5, 5.41) is 2.77. The molecule has 7 nitrogen and oxygen atoms in total. The van der Waals surface area contributed by atoms with Gasteiger partial charge >= 0.3 is 0 Å². The summed E-state index contributed by atoms with van der Waals surface area (Å²) in [6, 6.07) is 11.1. The zero-order chi connectivity index (χ0) is 22.6. The van der Waals surface area contributed by atoms with E-state index in [0.717, 1.165) is 19.4 Å². The molecule has 168 valence electrons. The van der Waals surface area contributed by atoms with E-state index in [9.17, 15) is 13.2 Å². The molecule has 3 rings (SSSR count). The van der Waals surface area contributed by atoms with Gasteiger partial charge in [0.1, 0.15) is 12.4 Å². The maximum Gasteiger partial charge on any atom is 0.255 e. The smallest absolute Gasteiger partial charge is 0.255 e. The maximum atomic E-state index is 12.6. The number of anilines is 1. The zero-order valence-electron chi connectivity index (χ0n) is 17.8. The predicted molar refractivity (Wildman–Crippen MR) is 123 cm³/mol. The molecule has 0 saturated carbocycles. The molecule has 1 aliphatic rings. The molecule has 1 heterocycles. The van der Waals surface area contributed by atoms with Crippen molar-refractivity contribution in [2.45, 2.75) is 50.2 Å². The molecule has 0 aliphatic carbocycles. The van der Waals surface area contributed by atoms with Crippen LogP contribution in [-0.2, 0) is 14.8 Å². The average molecular weight is 511 g/mol. The first kappa shape index (κ1) is 23.7. The van der Waals surface area contributed by atoms with Crippen LogP contribution < -0.4 is 14.8 Å². The Hall–Kier alpha value is -1.94. The molecule has 1 aliphatic heterocycles. The number of carbonyl (C=O) groups is 1. The third-order valence-corrected chi connectivity index (χ3v) is 6.90. The topological polar surface area (TPSA) is 93.7 Å².